The Hall–Kier alpha value is -3.02. The van der Waals surface area contributed by atoms with E-state index in [9.17, 15) is 9.59 Å². The van der Waals surface area contributed by atoms with Crippen LogP contribution >= 0.6 is 0 Å². The van der Waals surface area contributed by atoms with Crippen LogP contribution in [0.2, 0.25) is 0 Å². The number of nitrogens with zero attached hydrogens (tertiary/aromatic N) is 3. The van der Waals surface area contributed by atoms with Crippen LogP contribution in [-0.2, 0) is 17.8 Å². The summed E-state index contributed by atoms with van der Waals surface area (Å²) in [5.74, 6) is -0.243. The second kappa shape index (κ2) is 7.70. The fraction of sp³-hybridized carbons (Fsp3) is 0.263. The molecule has 0 aliphatic rings. The maximum absolute atomic E-state index is 12.3. The molecular formula is C19H20N4O2. The van der Waals surface area contributed by atoms with Crippen LogP contribution in [0.25, 0.3) is 10.9 Å². The molecule has 6 heteroatoms. The van der Waals surface area contributed by atoms with Gasteiger partial charge in [-0.1, -0.05) is 47.7 Å². The fourth-order valence-electron chi connectivity index (χ4n) is 2.68. The normalized spacial score (nSPS) is 12.0. The first kappa shape index (κ1) is 16.8. The van der Waals surface area contributed by atoms with Crippen molar-refractivity contribution >= 4 is 16.8 Å². The number of aromatic nitrogens is 3. The van der Waals surface area contributed by atoms with E-state index in [4.69, 9.17) is 0 Å². The van der Waals surface area contributed by atoms with Crippen molar-refractivity contribution in [1.29, 1.82) is 0 Å². The summed E-state index contributed by atoms with van der Waals surface area (Å²) in [5, 5.41) is 11.2. The van der Waals surface area contributed by atoms with E-state index >= 15 is 0 Å². The molecule has 0 spiro atoms. The third-order valence-corrected chi connectivity index (χ3v) is 4.04. The van der Waals surface area contributed by atoms with Gasteiger partial charge in [-0.2, -0.15) is 0 Å². The lowest BCUT2D eigenvalue weighted by Gasteiger charge is -2.14. The summed E-state index contributed by atoms with van der Waals surface area (Å²) in [6.45, 7) is 1.82. The highest BCUT2D eigenvalue weighted by Crippen LogP contribution is 2.05. The number of nitrogens with one attached hydrogen (secondary N) is 1. The zero-order valence-corrected chi connectivity index (χ0v) is 14.1. The molecule has 3 aromatic rings. The lowest BCUT2D eigenvalue weighted by Crippen LogP contribution is -2.38. The molecule has 1 N–H and O–H groups in total. The molecule has 0 bridgehead atoms. The predicted octanol–water partition coefficient (Wildman–Crippen LogP) is 1.93. The molecule has 1 amide bonds. The Kier molecular flexibility index (Phi) is 5.18. The summed E-state index contributed by atoms with van der Waals surface area (Å²) < 4.78 is 1.10. The third-order valence-electron chi connectivity index (χ3n) is 4.04. The summed E-state index contributed by atoms with van der Waals surface area (Å²) in [4.78, 5) is 24.5. The van der Waals surface area contributed by atoms with Crippen molar-refractivity contribution in [3.63, 3.8) is 0 Å². The Balaban J connectivity index is 1.59. The van der Waals surface area contributed by atoms with Crippen molar-refractivity contribution in [3.8, 4) is 0 Å². The lowest BCUT2D eigenvalue weighted by atomic mass is 10.1. The number of carbonyl (C=O) groups excluding carboxylic acids is 1. The highest BCUT2D eigenvalue weighted by Gasteiger charge is 2.11. The van der Waals surface area contributed by atoms with Crippen molar-refractivity contribution in [2.45, 2.75) is 32.4 Å². The molecule has 128 valence electrons. The van der Waals surface area contributed by atoms with Gasteiger partial charge >= 0.3 is 0 Å². The minimum Gasteiger partial charge on any atom is -0.352 e. The van der Waals surface area contributed by atoms with Gasteiger partial charge in [0.1, 0.15) is 12.1 Å². The smallest absolute Gasteiger partial charge is 0.278 e. The molecule has 0 aliphatic carbocycles. The van der Waals surface area contributed by atoms with Gasteiger partial charge in [0.05, 0.1) is 5.39 Å². The van der Waals surface area contributed by atoms with E-state index in [1.807, 2.05) is 25.1 Å². The van der Waals surface area contributed by atoms with E-state index in [0.29, 0.717) is 10.9 Å². The molecule has 6 nitrogen and oxygen atoms in total. The quantitative estimate of drug-likeness (QED) is 0.746. The van der Waals surface area contributed by atoms with Crippen LogP contribution < -0.4 is 10.9 Å². The molecule has 1 heterocycles. The van der Waals surface area contributed by atoms with Crippen molar-refractivity contribution < 1.29 is 4.79 Å². The highest BCUT2D eigenvalue weighted by molar-refractivity contribution is 5.78. The van der Waals surface area contributed by atoms with Crippen LogP contribution in [0.3, 0.4) is 0 Å². The molecular weight excluding hydrogens is 316 g/mol. The summed E-state index contributed by atoms with van der Waals surface area (Å²) >= 11 is 0. The minimum atomic E-state index is -0.308. The van der Waals surface area contributed by atoms with Crippen molar-refractivity contribution in [3.05, 3.63) is 70.5 Å². The van der Waals surface area contributed by atoms with Crippen molar-refractivity contribution in [1.82, 2.24) is 20.3 Å². The molecule has 2 aromatic carbocycles. The Morgan fingerprint density at radius 1 is 1.12 bits per heavy atom. The molecule has 0 fully saturated rings. The maximum atomic E-state index is 12.3. The van der Waals surface area contributed by atoms with Gasteiger partial charge in [-0.15, -0.1) is 5.10 Å². The van der Waals surface area contributed by atoms with Gasteiger partial charge in [0.25, 0.3) is 5.56 Å². The van der Waals surface area contributed by atoms with Crippen LogP contribution in [0.5, 0.6) is 0 Å². The Labute approximate surface area is 145 Å². The highest BCUT2D eigenvalue weighted by atomic mass is 16.2. The van der Waals surface area contributed by atoms with Gasteiger partial charge in [0.15, 0.2) is 0 Å². The fourth-order valence-corrected chi connectivity index (χ4v) is 2.68. The van der Waals surface area contributed by atoms with Gasteiger partial charge in [0.2, 0.25) is 5.91 Å². The molecule has 0 saturated heterocycles. The first-order chi connectivity index (χ1) is 12.1. The zero-order valence-electron chi connectivity index (χ0n) is 14.1. The van der Waals surface area contributed by atoms with E-state index in [2.05, 4.69) is 27.8 Å². The molecule has 0 radical (unpaired) electrons. The summed E-state index contributed by atoms with van der Waals surface area (Å²) in [6.07, 6.45) is 1.71. The average Bonchev–Trinajstić information content (AvgIpc) is 2.63. The molecule has 3 rings (SSSR count). The number of hydrogen-bond acceptors (Lipinski definition) is 4. The molecule has 25 heavy (non-hydrogen) atoms. The first-order valence-electron chi connectivity index (χ1n) is 8.29. The van der Waals surface area contributed by atoms with E-state index in [1.165, 1.54) is 5.56 Å². The van der Waals surface area contributed by atoms with Crippen LogP contribution in [0.15, 0.2) is 59.4 Å². The summed E-state index contributed by atoms with van der Waals surface area (Å²) in [5.41, 5.74) is 1.46. The molecule has 1 aromatic heterocycles. The average molecular weight is 336 g/mol. The summed E-state index contributed by atoms with van der Waals surface area (Å²) in [7, 11) is 0. The van der Waals surface area contributed by atoms with Gasteiger partial charge in [-0.3, -0.25) is 9.59 Å². The molecule has 0 saturated carbocycles. The zero-order chi connectivity index (χ0) is 17.6. The van der Waals surface area contributed by atoms with Gasteiger partial charge in [0, 0.05) is 6.04 Å². The van der Waals surface area contributed by atoms with Crippen LogP contribution in [-0.4, -0.2) is 26.9 Å². The predicted molar refractivity (Wildman–Crippen MR) is 96.2 cm³/mol. The van der Waals surface area contributed by atoms with Gasteiger partial charge in [-0.05, 0) is 37.5 Å². The van der Waals surface area contributed by atoms with Gasteiger partial charge in [-0.25, -0.2) is 4.68 Å². The Bertz CT molecular complexity index is 921. The van der Waals surface area contributed by atoms with Crippen molar-refractivity contribution in [2.75, 3.05) is 0 Å². The third kappa shape index (κ3) is 4.29. The van der Waals surface area contributed by atoms with Crippen molar-refractivity contribution in [2.24, 2.45) is 0 Å². The lowest BCUT2D eigenvalue weighted by molar-refractivity contribution is -0.122. The minimum absolute atomic E-state index is 0.0109. The standard InChI is InChI=1S/C19H20N4O2/c1-14(11-12-15-7-3-2-4-8-15)20-18(24)13-23-19(25)16-9-5-6-10-17(16)21-22-23/h2-10,14H,11-13H2,1H3,(H,20,24)/t14-/m0/s1. The number of benzene rings is 2. The second-order valence-electron chi connectivity index (χ2n) is 6.06. The molecule has 0 unspecified atom stereocenters. The van der Waals surface area contributed by atoms with E-state index in [-0.39, 0.29) is 24.1 Å². The van der Waals surface area contributed by atoms with E-state index < -0.39 is 0 Å². The largest absolute Gasteiger partial charge is 0.352 e. The molecule has 0 aliphatic heterocycles. The Morgan fingerprint density at radius 2 is 1.84 bits per heavy atom. The van der Waals surface area contributed by atoms with Crippen LogP contribution in [0.1, 0.15) is 18.9 Å². The monoisotopic (exact) mass is 336 g/mol. The maximum Gasteiger partial charge on any atom is 0.278 e. The Morgan fingerprint density at radius 3 is 2.64 bits per heavy atom. The van der Waals surface area contributed by atoms with E-state index in [1.54, 1.807) is 24.3 Å². The molecule has 1 atom stereocenters. The number of amides is 1. The first-order valence-corrected chi connectivity index (χ1v) is 8.29. The number of carbonyl (C=O) groups is 1. The number of rotatable bonds is 6. The SMILES string of the molecule is C[C@@H](CCc1ccccc1)NC(=O)Cn1nnc2ccccc2c1=O. The van der Waals surface area contributed by atoms with Crippen LogP contribution in [0.4, 0.5) is 0 Å². The van der Waals surface area contributed by atoms with E-state index in [0.717, 1.165) is 17.5 Å². The van der Waals surface area contributed by atoms with Crippen LogP contribution in [0, 0.1) is 0 Å². The number of hydrogen-bond donors (Lipinski definition) is 1. The number of fused-ring (bicyclic) bond motifs is 1. The topological polar surface area (TPSA) is 76.9 Å². The van der Waals surface area contributed by atoms with Gasteiger partial charge < -0.3 is 5.32 Å². The number of aryl methyl sites for hydroxylation is 1. The summed E-state index contributed by atoms with van der Waals surface area (Å²) in [6, 6.07) is 17.1. The second-order valence-corrected chi connectivity index (χ2v) is 6.06.